The van der Waals surface area contributed by atoms with Gasteiger partial charge in [0, 0.05) is 22.3 Å². The van der Waals surface area contributed by atoms with Crippen molar-refractivity contribution in [2.24, 2.45) is 0 Å². The molecule has 0 saturated carbocycles. The first-order valence-corrected chi connectivity index (χ1v) is 7.17. The number of aromatic nitrogens is 4. The van der Waals surface area contributed by atoms with E-state index in [1.807, 2.05) is 38.2 Å². The van der Waals surface area contributed by atoms with E-state index in [1.54, 1.807) is 11.3 Å². The van der Waals surface area contributed by atoms with E-state index in [0.717, 1.165) is 34.5 Å². The lowest BCUT2D eigenvalue weighted by Gasteiger charge is -2.05. The summed E-state index contributed by atoms with van der Waals surface area (Å²) < 4.78 is 0. The molecule has 6 heteroatoms. The summed E-state index contributed by atoms with van der Waals surface area (Å²) in [7, 11) is 0. The number of thiazole rings is 1. The van der Waals surface area contributed by atoms with Crippen LogP contribution in [0.25, 0.3) is 11.4 Å². The van der Waals surface area contributed by atoms with Gasteiger partial charge in [-0.2, -0.15) is 5.10 Å². The Morgan fingerprint density at radius 2 is 2.20 bits per heavy atom. The third-order valence-corrected chi connectivity index (χ3v) is 3.77. The maximum absolute atomic E-state index is 4.34. The lowest BCUT2D eigenvalue weighted by molar-refractivity contribution is 1.04. The van der Waals surface area contributed by atoms with Gasteiger partial charge in [-0.1, -0.05) is 12.1 Å². The molecule has 0 radical (unpaired) electrons. The van der Waals surface area contributed by atoms with Crippen LogP contribution in [0.2, 0.25) is 0 Å². The first kappa shape index (κ1) is 12.8. The van der Waals surface area contributed by atoms with Crippen LogP contribution in [0.5, 0.6) is 0 Å². The molecule has 0 fully saturated rings. The second-order valence-corrected chi connectivity index (χ2v) is 5.84. The molecule has 0 aliphatic heterocycles. The van der Waals surface area contributed by atoms with Crippen LogP contribution in [0, 0.1) is 13.8 Å². The molecule has 5 nitrogen and oxygen atoms in total. The lowest BCUT2D eigenvalue weighted by Crippen LogP contribution is -1.97. The molecule has 0 atom stereocenters. The van der Waals surface area contributed by atoms with Crippen LogP contribution in [0.4, 0.5) is 5.69 Å². The number of benzene rings is 1. The fourth-order valence-electron chi connectivity index (χ4n) is 1.92. The zero-order chi connectivity index (χ0) is 13.9. The highest BCUT2D eigenvalue weighted by molar-refractivity contribution is 7.11. The van der Waals surface area contributed by atoms with Gasteiger partial charge in [0.15, 0.2) is 5.82 Å². The molecule has 2 N–H and O–H groups in total. The van der Waals surface area contributed by atoms with Crippen LogP contribution in [-0.2, 0) is 6.54 Å². The van der Waals surface area contributed by atoms with Crippen LogP contribution < -0.4 is 5.32 Å². The molecule has 2 aromatic heterocycles. The summed E-state index contributed by atoms with van der Waals surface area (Å²) in [5, 5.41) is 11.5. The summed E-state index contributed by atoms with van der Waals surface area (Å²) in [6, 6.07) is 8.10. The van der Waals surface area contributed by atoms with Gasteiger partial charge >= 0.3 is 0 Å². The fraction of sp³-hybridized carbons (Fsp3) is 0.214. The van der Waals surface area contributed by atoms with E-state index in [2.05, 4.69) is 31.5 Å². The molecule has 3 aromatic rings. The number of nitrogens with one attached hydrogen (secondary N) is 2. The van der Waals surface area contributed by atoms with E-state index in [1.165, 1.54) is 4.88 Å². The van der Waals surface area contributed by atoms with E-state index in [0.29, 0.717) is 0 Å². The highest BCUT2D eigenvalue weighted by atomic mass is 32.1. The monoisotopic (exact) mass is 285 g/mol. The number of anilines is 1. The number of nitrogens with zero attached hydrogens (tertiary/aromatic N) is 3. The molecule has 0 saturated heterocycles. The Kier molecular flexibility index (Phi) is 3.47. The minimum absolute atomic E-state index is 0.722. The minimum Gasteiger partial charge on any atom is -0.380 e. The van der Waals surface area contributed by atoms with E-state index in [9.17, 15) is 0 Å². The number of H-pyrrole nitrogens is 1. The van der Waals surface area contributed by atoms with Gasteiger partial charge < -0.3 is 5.32 Å². The van der Waals surface area contributed by atoms with Crippen LogP contribution >= 0.6 is 11.3 Å². The maximum atomic E-state index is 4.34. The Balaban J connectivity index is 1.74. The summed E-state index contributed by atoms with van der Waals surface area (Å²) >= 11 is 1.71. The van der Waals surface area contributed by atoms with Crippen molar-refractivity contribution in [3.63, 3.8) is 0 Å². The van der Waals surface area contributed by atoms with Crippen molar-refractivity contribution in [2.75, 3.05) is 5.32 Å². The Morgan fingerprint density at radius 3 is 2.90 bits per heavy atom. The largest absolute Gasteiger partial charge is 0.380 e. The number of hydrogen-bond donors (Lipinski definition) is 2. The standard InChI is InChI=1S/C14H15N5S/c1-9-17-14(19-18-9)11-4-3-5-12(6-11)16-8-13-7-15-10(2)20-13/h3-7,16H,8H2,1-2H3,(H,17,18,19). The van der Waals surface area contributed by atoms with Crippen LogP contribution in [-0.4, -0.2) is 20.2 Å². The summed E-state index contributed by atoms with van der Waals surface area (Å²) in [5.41, 5.74) is 2.05. The zero-order valence-electron chi connectivity index (χ0n) is 11.3. The maximum Gasteiger partial charge on any atom is 0.181 e. The Morgan fingerprint density at radius 1 is 1.30 bits per heavy atom. The van der Waals surface area contributed by atoms with Crippen LogP contribution in [0.3, 0.4) is 0 Å². The van der Waals surface area contributed by atoms with Gasteiger partial charge in [-0.25, -0.2) is 9.97 Å². The Bertz CT molecular complexity index is 716. The summed E-state index contributed by atoms with van der Waals surface area (Å²) in [6.45, 7) is 4.69. The van der Waals surface area contributed by atoms with Gasteiger partial charge in [0.2, 0.25) is 0 Å². The van der Waals surface area contributed by atoms with Gasteiger partial charge in [-0.15, -0.1) is 11.3 Å². The van der Waals surface area contributed by atoms with Crippen molar-refractivity contribution in [1.29, 1.82) is 0 Å². The van der Waals surface area contributed by atoms with Crippen molar-refractivity contribution in [1.82, 2.24) is 20.2 Å². The van der Waals surface area contributed by atoms with E-state index in [-0.39, 0.29) is 0 Å². The summed E-state index contributed by atoms with van der Waals surface area (Å²) in [5.74, 6) is 1.54. The molecule has 0 spiro atoms. The average molecular weight is 285 g/mol. The normalized spacial score (nSPS) is 10.7. The number of hydrogen-bond acceptors (Lipinski definition) is 5. The molecule has 3 rings (SSSR count). The zero-order valence-corrected chi connectivity index (χ0v) is 12.2. The van der Waals surface area contributed by atoms with Crippen LogP contribution in [0.15, 0.2) is 30.5 Å². The molecule has 0 aliphatic rings. The highest BCUT2D eigenvalue weighted by Gasteiger charge is 2.04. The molecule has 0 unspecified atom stereocenters. The predicted molar refractivity (Wildman–Crippen MR) is 80.7 cm³/mol. The van der Waals surface area contributed by atoms with Crippen molar-refractivity contribution in [2.45, 2.75) is 20.4 Å². The second kappa shape index (κ2) is 5.42. The third-order valence-electron chi connectivity index (χ3n) is 2.85. The predicted octanol–water partition coefficient (Wildman–Crippen LogP) is 3.16. The third kappa shape index (κ3) is 2.85. The van der Waals surface area contributed by atoms with Gasteiger partial charge in [0.1, 0.15) is 5.82 Å². The molecule has 1 aromatic carbocycles. The van der Waals surface area contributed by atoms with Gasteiger partial charge in [-0.05, 0) is 26.0 Å². The molecule has 0 amide bonds. The van der Waals surface area contributed by atoms with Crippen molar-refractivity contribution in [3.05, 3.63) is 46.2 Å². The second-order valence-electron chi connectivity index (χ2n) is 4.52. The fourth-order valence-corrected chi connectivity index (χ4v) is 2.65. The molecular weight excluding hydrogens is 270 g/mol. The summed E-state index contributed by atoms with van der Waals surface area (Å²) in [6.07, 6.45) is 1.91. The Labute approximate surface area is 121 Å². The first-order chi connectivity index (χ1) is 9.70. The van der Waals surface area contributed by atoms with E-state index >= 15 is 0 Å². The molecule has 20 heavy (non-hydrogen) atoms. The molecule has 102 valence electrons. The van der Waals surface area contributed by atoms with Crippen molar-refractivity contribution < 1.29 is 0 Å². The minimum atomic E-state index is 0.722. The number of aromatic amines is 1. The molecule has 2 heterocycles. The molecule has 0 aliphatic carbocycles. The highest BCUT2D eigenvalue weighted by Crippen LogP contribution is 2.20. The molecule has 0 bridgehead atoms. The number of rotatable bonds is 4. The Hall–Kier alpha value is -2.21. The SMILES string of the molecule is Cc1nc(-c2cccc(NCc3cnc(C)s3)c2)n[nH]1. The topological polar surface area (TPSA) is 66.5 Å². The van der Waals surface area contributed by atoms with E-state index < -0.39 is 0 Å². The molecular formula is C14H15N5S. The van der Waals surface area contributed by atoms with E-state index in [4.69, 9.17) is 0 Å². The number of aryl methyl sites for hydroxylation is 2. The van der Waals surface area contributed by atoms with Gasteiger partial charge in [0.25, 0.3) is 0 Å². The summed E-state index contributed by atoms with van der Waals surface area (Å²) in [4.78, 5) is 9.82. The van der Waals surface area contributed by atoms with Gasteiger partial charge in [-0.3, -0.25) is 5.10 Å². The quantitative estimate of drug-likeness (QED) is 0.772. The lowest BCUT2D eigenvalue weighted by atomic mass is 10.2. The van der Waals surface area contributed by atoms with Crippen molar-refractivity contribution >= 4 is 17.0 Å². The average Bonchev–Trinajstić information content (AvgIpc) is 3.06. The first-order valence-electron chi connectivity index (χ1n) is 6.35. The smallest absolute Gasteiger partial charge is 0.181 e. The van der Waals surface area contributed by atoms with Gasteiger partial charge in [0.05, 0.1) is 11.6 Å². The van der Waals surface area contributed by atoms with Crippen molar-refractivity contribution in [3.8, 4) is 11.4 Å². The van der Waals surface area contributed by atoms with Crippen LogP contribution in [0.1, 0.15) is 15.7 Å².